The quantitative estimate of drug-likeness (QED) is 0.909. The fraction of sp³-hybridized carbons (Fsp3) is 0.333. The van der Waals surface area contributed by atoms with Crippen LogP contribution in [0.3, 0.4) is 0 Å². The Morgan fingerprint density at radius 3 is 2.70 bits per heavy atom. The van der Waals surface area contributed by atoms with Gasteiger partial charge < -0.3 is 9.42 Å². The second-order valence-electron chi connectivity index (χ2n) is 5.09. The summed E-state index contributed by atoms with van der Waals surface area (Å²) >= 11 is 0. The van der Waals surface area contributed by atoms with E-state index in [0.29, 0.717) is 18.1 Å². The lowest BCUT2D eigenvalue weighted by Crippen LogP contribution is -2.29. The van der Waals surface area contributed by atoms with Crippen LogP contribution in [0.4, 0.5) is 5.88 Å². The van der Waals surface area contributed by atoms with Crippen molar-refractivity contribution in [2.24, 2.45) is 5.92 Å². The van der Waals surface area contributed by atoms with Gasteiger partial charge in [-0.15, -0.1) is 0 Å². The molecule has 0 aliphatic heterocycles. The highest BCUT2D eigenvalue weighted by Crippen LogP contribution is 2.21. The van der Waals surface area contributed by atoms with E-state index in [9.17, 15) is 4.79 Å². The molecule has 1 aromatic carbocycles. The van der Waals surface area contributed by atoms with Crippen molar-refractivity contribution in [1.29, 1.82) is 0 Å². The molecule has 1 heterocycles. The molecule has 2 rings (SSSR count). The third kappa shape index (κ3) is 3.68. The number of rotatable bonds is 5. The summed E-state index contributed by atoms with van der Waals surface area (Å²) < 4.78 is 5.15. The van der Waals surface area contributed by atoms with Crippen molar-refractivity contribution in [1.82, 2.24) is 10.1 Å². The van der Waals surface area contributed by atoms with Crippen molar-refractivity contribution in [3.8, 4) is 11.3 Å². The molecular formula is C15H19N3O2. The summed E-state index contributed by atoms with van der Waals surface area (Å²) in [5.41, 5.74) is 1.67. The Morgan fingerprint density at radius 2 is 2.05 bits per heavy atom. The van der Waals surface area contributed by atoms with Crippen molar-refractivity contribution >= 4 is 11.8 Å². The number of amides is 1. The lowest BCUT2D eigenvalue weighted by molar-refractivity contribution is -0.119. The van der Waals surface area contributed by atoms with E-state index < -0.39 is 0 Å². The van der Waals surface area contributed by atoms with Crippen LogP contribution in [-0.2, 0) is 4.79 Å². The van der Waals surface area contributed by atoms with Crippen molar-refractivity contribution in [3.05, 3.63) is 36.4 Å². The molecule has 0 bridgehead atoms. The zero-order valence-electron chi connectivity index (χ0n) is 12.0. The van der Waals surface area contributed by atoms with Gasteiger partial charge in [-0.2, -0.15) is 0 Å². The van der Waals surface area contributed by atoms with Gasteiger partial charge in [-0.1, -0.05) is 42.4 Å². The van der Waals surface area contributed by atoms with Crippen molar-refractivity contribution < 1.29 is 9.32 Å². The second kappa shape index (κ2) is 6.34. The Kier molecular flexibility index (Phi) is 4.53. The first-order valence-corrected chi connectivity index (χ1v) is 6.54. The van der Waals surface area contributed by atoms with Gasteiger partial charge in [0.2, 0.25) is 11.8 Å². The highest BCUT2D eigenvalue weighted by Gasteiger charge is 2.16. The zero-order valence-corrected chi connectivity index (χ0v) is 12.0. The highest BCUT2D eigenvalue weighted by atomic mass is 16.5. The highest BCUT2D eigenvalue weighted by molar-refractivity contribution is 5.91. The molecule has 1 atom stereocenters. The van der Waals surface area contributed by atoms with Gasteiger partial charge in [-0.3, -0.25) is 10.1 Å². The minimum Gasteiger partial charge on any atom is -0.338 e. The SMILES string of the molecule is CC(CN(C)C)C(=O)Nc1cc(-c2ccccc2)no1. The van der Waals surface area contributed by atoms with Gasteiger partial charge in [-0.25, -0.2) is 0 Å². The van der Waals surface area contributed by atoms with Gasteiger partial charge in [0.1, 0.15) is 5.69 Å². The standard InChI is InChI=1S/C15H19N3O2/c1-11(10-18(2)3)15(19)16-14-9-13(17-20-14)12-7-5-4-6-8-12/h4-9,11H,10H2,1-3H3,(H,16,19). The molecule has 106 valence electrons. The normalized spacial score (nSPS) is 12.4. The summed E-state index contributed by atoms with van der Waals surface area (Å²) in [5.74, 6) is 0.184. The van der Waals surface area contributed by atoms with Gasteiger partial charge in [-0.05, 0) is 14.1 Å². The summed E-state index contributed by atoms with van der Waals surface area (Å²) in [6.45, 7) is 2.56. The van der Waals surface area contributed by atoms with E-state index in [-0.39, 0.29) is 11.8 Å². The van der Waals surface area contributed by atoms with Crippen LogP contribution in [0.15, 0.2) is 40.9 Å². The topological polar surface area (TPSA) is 58.4 Å². The Bertz CT molecular complexity index is 564. The third-order valence-electron chi connectivity index (χ3n) is 2.91. The molecule has 0 saturated carbocycles. The number of hydrogen-bond acceptors (Lipinski definition) is 4. The Labute approximate surface area is 118 Å². The minimum atomic E-state index is -0.115. The van der Waals surface area contributed by atoms with Crippen LogP contribution in [0.1, 0.15) is 6.92 Å². The van der Waals surface area contributed by atoms with E-state index in [1.54, 1.807) is 6.07 Å². The maximum absolute atomic E-state index is 12.0. The summed E-state index contributed by atoms with van der Waals surface area (Å²) in [7, 11) is 3.87. The molecule has 1 amide bonds. The summed E-state index contributed by atoms with van der Waals surface area (Å²) in [6, 6.07) is 11.4. The predicted octanol–water partition coefficient (Wildman–Crippen LogP) is 2.48. The van der Waals surface area contributed by atoms with Crippen LogP contribution < -0.4 is 5.32 Å². The molecule has 20 heavy (non-hydrogen) atoms. The van der Waals surface area contributed by atoms with E-state index >= 15 is 0 Å². The van der Waals surface area contributed by atoms with E-state index in [0.717, 1.165) is 5.56 Å². The Morgan fingerprint density at radius 1 is 1.35 bits per heavy atom. The molecule has 0 aliphatic rings. The predicted molar refractivity (Wildman–Crippen MR) is 78.3 cm³/mol. The van der Waals surface area contributed by atoms with E-state index in [2.05, 4.69) is 10.5 Å². The van der Waals surface area contributed by atoms with E-state index in [1.807, 2.05) is 56.3 Å². The Balaban J connectivity index is 2.01. The summed E-state index contributed by atoms with van der Waals surface area (Å²) in [5, 5.41) is 6.70. The smallest absolute Gasteiger partial charge is 0.231 e. The number of carbonyl (C=O) groups excluding carboxylic acids is 1. The number of anilines is 1. The molecule has 5 heteroatoms. The average Bonchev–Trinajstić information content (AvgIpc) is 2.87. The number of aromatic nitrogens is 1. The van der Waals surface area contributed by atoms with Gasteiger partial charge >= 0.3 is 0 Å². The molecule has 0 saturated heterocycles. The molecule has 1 unspecified atom stereocenters. The van der Waals surface area contributed by atoms with Crippen LogP contribution in [0, 0.1) is 5.92 Å². The number of nitrogens with one attached hydrogen (secondary N) is 1. The molecule has 0 fully saturated rings. The Hall–Kier alpha value is -2.14. The molecule has 0 spiro atoms. The van der Waals surface area contributed by atoms with Gasteiger partial charge in [0.05, 0.1) is 0 Å². The maximum atomic E-state index is 12.0. The van der Waals surface area contributed by atoms with E-state index in [1.165, 1.54) is 0 Å². The molecule has 1 aromatic heterocycles. The van der Waals surface area contributed by atoms with Crippen LogP contribution in [0.5, 0.6) is 0 Å². The first kappa shape index (κ1) is 14.3. The summed E-state index contributed by atoms with van der Waals surface area (Å²) in [4.78, 5) is 13.9. The maximum Gasteiger partial charge on any atom is 0.231 e. The van der Waals surface area contributed by atoms with Crippen LogP contribution in [0.2, 0.25) is 0 Å². The monoisotopic (exact) mass is 273 g/mol. The fourth-order valence-corrected chi connectivity index (χ4v) is 1.95. The second-order valence-corrected chi connectivity index (χ2v) is 5.09. The van der Waals surface area contributed by atoms with Gasteiger partial charge in [0.15, 0.2) is 0 Å². The van der Waals surface area contributed by atoms with E-state index in [4.69, 9.17) is 4.52 Å². The van der Waals surface area contributed by atoms with Crippen LogP contribution >= 0.6 is 0 Å². The first-order chi connectivity index (χ1) is 9.56. The molecule has 2 aromatic rings. The van der Waals surface area contributed by atoms with Gasteiger partial charge in [0, 0.05) is 24.1 Å². The molecule has 0 radical (unpaired) electrons. The van der Waals surface area contributed by atoms with Crippen molar-refractivity contribution in [3.63, 3.8) is 0 Å². The number of carbonyl (C=O) groups is 1. The molecule has 0 aliphatic carbocycles. The lowest BCUT2D eigenvalue weighted by Gasteiger charge is -2.15. The first-order valence-electron chi connectivity index (χ1n) is 6.54. The molecule has 5 nitrogen and oxygen atoms in total. The zero-order chi connectivity index (χ0) is 14.5. The van der Waals surface area contributed by atoms with Crippen LogP contribution in [-0.4, -0.2) is 36.6 Å². The average molecular weight is 273 g/mol. The minimum absolute atomic E-state index is 0.0746. The number of nitrogens with zero attached hydrogens (tertiary/aromatic N) is 2. The number of benzene rings is 1. The van der Waals surface area contributed by atoms with Gasteiger partial charge in [0.25, 0.3) is 0 Å². The fourth-order valence-electron chi connectivity index (χ4n) is 1.95. The van der Waals surface area contributed by atoms with Crippen LogP contribution in [0.25, 0.3) is 11.3 Å². The largest absolute Gasteiger partial charge is 0.338 e. The third-order valence-corrected chi connectivity index (χ3v) is 2.91. The molecule has 1 N–H and O–H groups in total. The molecular weight excluding hydrogens is 254 g/mol. The summed E-state index contributed by atoms with van der Waals surface area (Å²) in [6.07, 6.45) is 0. The van der Waals surface area contributed by atoms with Crippen molar-refractivity contribution in [2.75, 3.05) is 26.0 Å². The van der Waals surface area contributed by atoms with Crippen molar-refractivity contribution in [2.45, 2.75) is 6.92 Å². The number of hydrogen-bond donors (Lipinski definition) is 1. The lowest BCUT2D eigenvalue weighted by atomic mass is 10.1.